The molecule has 3 aromatic rings. The highest BCUT2D eigenvalue weighted by Gasteiger charge is 2.21. The van der Waals surface area contributed by atoms with Crippen LogP contribution in [0.25, 0.3) is 11.0 Å². The molecule has 0 fully saturated rings. The average Bonchev–Trinajstić information content (AvgIpc) is 3.23. The van der Waals surface area contributed by atoms with Crippen LogP contribution in [-0.4, -0.2) is 26.6 Å². The van der Waals surface area contributed by atoms with Gasteiger partial charge in [-0.1, -0.05) is 12.1 Å². The first-order valence-electron chi connectivity index (χ1n) is 7.99. The highest BCUT2D eigenvalue weighted by atomic mass is 16.4. The number of aliphatic hydroxyl groups is 1. The molecule has 126 valence electrons. The molecule has 0 bridgehead atoms. The zero-order valence-corrected chi connectivity index (χ0v) is 13.7. The van der Waals surface area contributed by atoms with Gasteiger partial charge >= 0.3 is 0 Å². The highest BCUT2D eigenvalue weighted by Crippen LogP contribution is 2.20. The molecular weight excluding hydrogens is 306 g/mol. The summed E-state index contributed by atoms with van der Waals surface area (Å²) in [4.78, 5) is 16.8. The van der Waals surface area contributed by atoms with Crippen molar-refractivity contribution in [2.24, 2.45) is 0 Å². The summed E-state index contributed by atoms with van der Waals surface area (Å²) in [6.07, 6.45) is 2.85. The van der Waals surface area contributed by atoms with Crippen LogP contribution < -0.4 is 5.32 Å². The number of nitrogens with one attached hydrogen (secondary N) is 1. The van der Waals surface area contributed by atoms with E-state index in [0.717, 1.165) is 11.0 Å². The molecular formula is C18H21N3O3. The number of rotatable bonds is 6. The first kappa shape index (κ1) is 16.3. The van der Waals surface area contributed by atoms with E-state index >= 15 is 0 Å². The van der Waals surface area contributed by atoms with Gasteiger partial charge in [-0.25, -0.2) is 4.98 Å². The van der Waals surface area contributed by atoms with Crippen LogP contribution in [0.15, 0.2) is 53.4 Å². The van der Waals surface area contributed by atoms with Gasteiger partial charge < -0.3 is 19.4 Å². The second-order valence-electron chi connectivity index (χ2n) is 5.99. The summed E-state index contributed by atoms with van der Waals surface area (Å²) in [5, 5.41) is 13.0. The van der Waals surface area contributed by atoms with Crippen molar-refractivity contribution in [1.29, 1.82) is 0 Å². The molecule has 2 N–H and O–H groups in total. The molecule has 2 heterocycles. The maximum Gasteiger partial charge on any atom is 0.243 e. The predicted molar refractivity (Wildman–Crippen MR) is 90.3 cm³/mol. The molecule has 24 heavy (non-hydrogen) atoms. The van der Waals surface area contributed by atoms with Gasteiger partial charge in [-0.3, -0.25) is 4.79 Å². The minimum atomic E-state index is -0.736. The van der Waals surface area contributed by atoms with Crippen LogP contribution in [0.3, 0.4) is 0 Å². The minimum Gasteiger partial charge on any atom is -0.467 e. The van der Waals surface area contributed by atoms with Gasteiger partial charge in [-0.05, 0) is 38.1 Å². The Morgan fingerprint density at radius 2 is 2.08 bits per heavy atom. The fourth-order valence-electron chi connectivity index (χ4n) is 2.77. The largest absolute Gasteiger partial charge is 0.467 e. The molecule has 1 aromatic carbocycles. The van der Waals surface area contributed by atoms with Crippen molar-refractivity contribution in [3.8, 4) is 0 Å². The van der Waals surface area contributed by atoms with E-state index in [-0.39, 0.29) is 18.0 Å². The molecule has 0 aliphatic rings. The maximum absolute atomic E-state index is 12.5. The smallest absolute Gasteiger partial charge is 0.243 e. The van der Waals surface area contributed by atoms with Gasteiger partial charge in [0.15, 0.2) is 0 Å². The Bertz CT molecular complexity index is 810. The lowest BCUT2D eigenvalue weighted by atomic mass is 10.1. The number of aliphatic hydroxyl groups excluding tert-OH is 1. The summed E-state index contributed by atoms with van der Waals surface area (Å²) in [6, 6.07) is 10.6. The third-order valence-electron chi connectivity index (χ3n) is 4.11. The zero-order chi connectivity index (χ0) is 17.1. The molecule has 0 unspecified atom stereocenters. The Morgan fingerprint density at radius 3 is 2.83 bits per heavy atom. The van der Waals surface area contributed by atoms with E-state index in [1.807, 2.05) is 42.7 Å². The van der Waals surface area contributed by atoms with Crippen molar-refractivity contribution >= 4 is 16.9 Å². The van der Waals surface area contributed by atoms with Gasteiger partial charge in [0.2, 0.25) is 5.91 Å². The number of amides is 1. The van der Waals surface area contributed by atoms with Crippen molar-refractivity contribution in [3.63, 3.8) is 0 Å². The quantitative estimate of drug-likeness (QED) is 0.729. The van der Waals surface area contributed by atoms with Crippen molar-refractivity contribution < 1.29 is 14.3 Å². The van der Waals surface area contributed by atoms with E-state index in [4.69, 9.17) is 4.42 Å². The Hall–Kier alpha value is -2.60. The topological polar surface area (TPSA) is 80.3 Å². The third kappa shape index (κ3) is 3.33. The summed E-state index contributed by atoms with van der Waals surface area (Å²) in [6.45, 7) is 3.70. The van der Waals surface area contributed by atoms with Crippen molar-refractivity contribution in [2.45, 2.75) is 38.5 Å². The van der Waals surface area contributed by atoms with Crippen LogP contribution in [0.4, 0.5) is 0 Å². The molecule has 0 aliphatic carbocycles. The normalized spacial score (nSPS) is 15.1. The fraction of sp³-hybridized carbons (Fsp3) is 0.333. The second kappa shape index (κ2) is 6.88. The predicted octanol–water partition coefficient (Wildman–Crippen LogP) is 2.82. The number of nitrogens with zero attached hydrogens (tertiary/aromatic N) is 2. The van der Waals surface area contributed by atoms with Crippen LogP contribution in [0, 0.1) is 0 Å². The Kier molecular flexibility index (Phi) is 4.66. The molecule has 3 atom stereocenters. The molecule has 1 amide bonds. The first-order valence-corrected chi connectivity index (χ1v) is 7.99. The molecule has 0 radical (unpaired) electrons. The number of hydrogen-bond acceptors (Lipinski definition) is 4. The van der Waals surface area contributed by atoms with Crippen LogP contribution in [0.5, 0.6) is 0 Å². The van der Waals surface area contributed by atoms with Crippen LogP contribution in [0.1, 0.15) is 38.2 Å². The van der Waals surface area contributed by atoms with E-state index in [0.29, 0.717) is 12.2 Å². The summed E-state index contributed by atoms with van der Waals surface area (Å²) in [7, 11) is 0. The molecule has 6 nitrogen and oxygen atoms in total. The number of imidazole rings is 1. The van der Waals surface area contributed by atoms with Crippen molar-refractivity contribution in [1.82, 2.24) is 14.9 Å². The van der Waals surface area contributed by atoms with E-state index in [9.17, 15) is 9.90 Å². The molecule has 0 saturated heterocycles. The number of fused-ring (bicyclic) bond motifs is 1. The van der Waals surface area contributed by atoms with Gasteiger partial charge in [-0.2, -0.15) is 0 Å². The van der Waals surface area contributed by atoms with Crippen LogP contribution in [0.2, 0.25) is 0 Å². The summed E-state index contributed by atoms with van der Waals surface area (Å²) < 4.78 is 7.03. The SMILES string of the molecule is C[C@H](C[C@H](O)c1ccco1)NC(=O)[C@@H](C)n1cnc2ccccc21. The third-order valence-corrected chi connectivity index (χ3v) is 4.11. The standard InChI is InChI=1S/C18H21N3O3/c1-12(10-16(22)17-8-5-9-24-17)20-18(23)13(2)21-11-19-14-6-3-4-7-15(14)21/h3-9,11-13,16,22H,10H2,1-2H3,(H,20,23)/t12-,13-,16+/m1/s1. The molecule has 0 aliphatic heterocycles. The van der Waals surface area contributed by atoms with E-state index in [1.165, 1.54) is 6.26 Å². The van der Waals surface area contributed by atoms with Gasteiger partial charge in [0, 0.05) is 12.5 Å². The van der Waals surface area contributed by atoms with Gasteiger partial charge in [0.1, 0.15) is 17.9 Å². The lowest BCUT2D eigenvalue weighted by molar-refractivity contribution is -0.124. The number of para-hydroxylation sites is 2. The highest BCUT2D eigenvalue weighted by molar-refractivity contribution is 5.83. The van der Waals surface area contributed by atoms with E-state index in [1.54, 1.807) is 18.5 Å². The lowest BCUT2D eigenvalue weighted by Crippen LogP contribution is -2.38. The van der Waals surface area contributed by atoms with Crippen molar-refractivity contribution in [3.05, 3.63) is 54.7 Å². The Labute approximate surface area is 140 Å². The number of benzene rings is 1. The van der Waals surface area contributed by atoms with Gasteiger partial charge in [0.25, 0.3) is 0 Å². The summed E-state index contributed by atoms with van der Waals surface area (Å²) in [5.74, 6) is 0.391. The Morgan fingerprint density at radius 1 is 1.29 bits per heavy atom. The summed E-state index contributed by atoms with van der Waals surface area (Å²) in [5.41, 5.74) is 1.78. The lowest BCUT2D eigenvalue weighted by Gasteiger charge is -2.20. The second-order valence-corrected chi connectivity index (χ2v) is 5.99. The van der Waals surface area contributed by atoms with Gasteiger partial charge in [-0.15, -0.1) is 0 Å². The average molecular weight is 327 g/mol. The minimum absolute atomic E-state index is 0.114. The number of furan rings is 1. The first-order chi connectivity index (χ1) is 11.6. The molecule has 0 spiro atoms. The number of carbonyl (C=O) groups excluding carboxylic acids is 1. The maximum atomic E-state index is 12.5. The van der Waals surface area contributed by atoms with Crippen LogP contribution >= 0.6 is 0 Å². The number of aromatic nitrogens is 2. The van der Waals surface area contributed by atoms with E-state index in [2.05, 4.69) is 10.3 Å². The van der Waals surface area contributed by atoms with Gasteiger partial charge in [0.05, 0.1) is 23.6 Å². The zero-order valence-electron chi connectivity index (χ0n) is 13.7. The van der Waals surface area contributed by atoms with E-state index < -0.39 is 6.10 Å². The molecule has 2 aromatic heterocycles. The Balaban J connectivity index is 1.63. The number of hydrogen-bond donors (Lipinski definition) is 2. The van der Waals surface area contributed by atoms with Crippen molar-refractivity contribution in [2.75, 3.05) is 0 Å². The van der Waals surface area contributed by atoms with Crippen LogP contribution in [-0.2, 0) is 4.79 Å². The molecule has 3 rings (SSSR count). The fourth-order valence-corrected chi connectivity index (χ4v) is 2.77. The number of carbonyl (C=O) groups is 1. The molecule has 6 heteroatoms. The summed E-state index contributed by atoms with van der Waals surface area (Å²) >= 11 is 0. The molecule has 0 saturated carbocycles. The monoisotopic (exact) mass is 327 g/mol.